The number of hydrogen-bond donors (Lipinski definition) is 1. The van der Waals surface area contributed by atoms with Crippen LogP contribution in [0.1, 0.15) is 27.3 Å². The van der Waals surface area contributed by atoms with Crippen molar-refractivity contribution in [1.29, 1.82) is 0 Å². The van der Waals surface area contributed by atoms with Crippen molar-refractivity contribution in [3.63, 3.8) is 0 Å². The molecule has 1 amide bonds. The van der Waals surface area contributed by atoms with Crippen molar-refractivity contribution < 1.29 is 13.6 Å². The minimum Gasteiger partial charge on any atom is -0.319 e. The first-order chi connectivity index (χ1) is 16.3. The summed E-state index contributed by atoms with van der Waals surface area (Å²) in [5.74, 6) is -3.14. The molecule has 0 aliphatic rings. The van der Waals surface area contributed by atoms with Gasteiger partial charge < -0.3 is 5.32 Å². The Morgan fingerprint density at radius 3 is 2.38 bits per heavy atom. The maximum absolute atomic E-state index is 13.5. The number of aromatic nitrogens is 4. The van der Waals surface area contributed by atoms with E-state index in [0.717, 1.165) is 28.8 Å². The molecule has 5 aromatic rings. The molecule has 2 heterocycles. The van der Waals surface area contributed by atoms with E-state index >= 15 is 0 Å². The molecule has 0 spiro atoms. The highest BCUT2D eigenvalue weighted by Gasteiger charge is 2.20. The first kappa shape index (κ1) is 21.4. The van der Waals surface area contributed by atoms with Crippen LogP contribution in [-0.4, -0.2) is 25.1 Å². The number of hydrogen-bond acceptors (Lipinski definition) is 4. The Kier molecular flexibility index (Phi) is 5.16. The van der Waals surface area contributed by atoms with Crippen LogP contribution < -0.4 is 10.9 Å². The van der Waals surface area contributed by atoms with Gasteiger partial charge in [0.05, 0.1) is 17.6 Å². The molecule has 1 N–H and O–H groups in total. The average Bonchev–Trinajstić information content (AvgIpc) is 3.26. The van der Waals surface area contributed by atoms with Gasteiger partial charge in [-0.1, -0.05) is 35.9 Å². The van der Waals surface area contributed by atoms with Crippen molar-refractivity contribution in [2.24, 2.45) is 0 Å². The highest BCUT2D eigenvalue weighted by molar-refractivity contribution is 6.02. The van der Waals surface area contributed by atoms with E-state index in [4.69, 9.17) is 0 Å². The highest BCUT2D eigenvalue weighted by atomic mass is 19.2. The summed E-state index contributed by atoms with van der Waals surface area (Å²) in [4.78, 5) is 30.3. The van der Waals surface area contributed by atoms with Crippen molar-refractivity contribution in [2.45, 2.75) is 20.4 Å². The van der Waals surface area contributed by atoms with E-state index in [1.807, 2.05) is 56.3 Å². The first-order valence-electron chi connectivity index (χ1n) is 10.5. The quantitative estimate of drug-likeness (QED) is 0.436. The first-order valence-corrected chi connectivity index (χ1v) is 10.5. The Morgan fingerprint density at radius 1 is 0.912 bits per heavy atom. The minimum atomic E-state index is -1.10. The van der Waals surface area contributed by atoms with E-state index in [9.17, 15) is 18.4 Å². The number of rotatable bonds is 4. The fourth-order valence-corrected chi connectivity index (χ4v) is 3.77. The molecular formula is C25H19F2N5O2. The maximum atomic E-state index is 13.5. The summed E-state index contributed by atoms with van der Waals surface area (Å²) < 4.78 is 29.6. The minimum absolute atomic E-state index is 0.0149. The van der Waals surface area contributed by atoms with Gasteiger partial charge in [0.2, 0.25) is 11.5 Å². The summed E-state index contributed by atoms with van der Waals surface area (Å²) in [6, 6.07) is 16.4. The van der Waals surface area contributed by atoms with Gasteiger partial charge in [-0.2, -0.15) is 4.98 Å². The lowest BCUT2D eigenvalue weighted by Gasteiger charge is -2.12. The van der Waals surface area contributed by atoms with Crippen molar-refractivity contribution in [2.75, 3.05) is 5.32 Å². The number of anilines is 1. The molecule has 7 nitrogen and oxygen atoms in total. The van der Waals surface area contributed by atoms with Gasteiger partial charge >= 0.3 is 0 Å². The molecule has 0 radical (unpaired) electrons. The van der Waals surface area contributed by atoms with E-state index in [-0.39, 0.29) is 17.2 Å². The van der Waals surface area contributed by atoms with Crippen molar-refractivity contribution >= 4 is 28.3 Å². The van der Waals surface area contributed by atoms with Crippen LogP contribution >= 0.6 is 0 Å². The monoisotopic (exact) mass is 459 g/mol. The van der Waals surface area contributed by atoms with E-state index in [2.05, 4.69) is 15.4 Å². The number of aryl methyl sites for hydroxylation is 2. The second-order valence-corrected chi connectivity index (χ2v) is 8.12. The summed E-state index contributed by atoms with van der Waals surface area (Å²) in [6.45, 7) is 4.23. The largest absolute Gasteiger partial charge is 0.319 e. The molecule has 0 unspecified atom stereocenters. The molecule has 2 aromatic heterocycles. The number of nitrogens with zero attached hydrogens (tertiary/aromatic N) is 4. The number of nitrogens with one attached hydrogen (secondary N) is 1. The molecule has 0 fully saturated rings. The van der Waals surface area contributed by atoms with Crippen molar-refractivity contribution in [3.05, 3.63) is 105 Å². The van der Waals surface area contributed by atoms with Gasteiger partial charge in [0.1, 0.15) is 0 Å². The second-order valence-electron chi connectivity index (χ2n) is 8.12. The number of halogens is 2. The Hall–Kier alpha value is -4.40. The summed E-state index contributed by atoms with van der Waals surface area (Å²) in [7, 11) is 0. The van der Waals surface area contributed by atoms with Gasteiger partial charge in [-0.15, -0.1) is 5.10 Å². The van der Waals surface area contributed by atoms with E-state index in [1.165, 1.54) is 10.6 Å². The molecule has 0 atom stereocenters. The van der Waals surface area contributed by atoms with Crippen molar-refractivity contribution in [3.8, 4) is 0 Å². The molecular weight excluding hydrogens is 440 g/mol. The van der Waals surface area contributed by atoms with E-state index in [0.29, 0.717) is 17.6 Å². The van der Waals surface area contributed by atoms with Crippen LogP contribution in [0.4, 0.5) is 14.5 Å². The third-order valence-corrected chi connectivity index (χ3v) is 5.54. The normalized spacial score (nSPS) is 11.3. The zero-order valence-corrected chi connectivity index (χ0v) is 18.3. The number of fused-ring (bicyclic) bond motifs is 3. The topological polar surface area (TPSA) is 81.3 Å². The molecule has 0 saturated heterocycles. The molecule has 9 heteroatoms. The number of benzene rings is 3. The lowest BCUT2D eigenvalue weighted by molar-refractivity contribution is 0.101. The summed E-state index contributed by atoms with van der Waals surface area (Å²) >= 11 is 0. The van der Waals surface area contributed by atoms with Gasteiger partial charge in [0.15, 0.2) is 11.6 Å². The van der Waals surface area contributed by atoms with Crippen LogP contribution in [0.5, 0.6) is 0 Å². The molecule has 3 aromatic carbocycles. The SMILES string of the molecule is Cc1ccc(Cn2c(=O)c3nc(C(=O)Nc4ccc(F)c(F)c4)nn3c3ccc(C)cc32)cc1. The average molecular weight is 459 g/mol. The highest BCUT2D eigenvalue weighted by Crippen LogP contribution is 2.18. The summed E-state index contributed by atoms with van der Waals surface area (Å²) in [5, 5.41) is 6.67. The Balaban J connectivity index is 1.62. The van der Waals surface area contributed by atoms with Gasteiger partial charge in [-0.05, 0) is 49.2 Å². The zero-order chi connectivity index (χ0) is 24.0. The number of carbonyl (C=O) groups excluding carboxylic acids is 1. The Morgan fingerprint density at radius 2 is 1.65 bits per heavy atom. The molecule has 0 saturated carbocycles. The van der Waals surface area contributed by atoms with Gasteiger partial charge in [0.25, 0.3) is 11.5 Å². The van der Waals surface area contributed by atoms with Gasteiger partial charge in [0, 0.05) is 11.8 Å². The maximum Gasteiger partial charge on any atom is 0.296 e. The standard InChI is InChI=1S/C25H19F2N5O2/c1-14-3-6-16(7-4-14)13-31-21-11-15(2)5-10-20(21)32-23(25(31)34)29-22(30-32)24(33)28-17-8-9-18(26)19(27)12-17/h3-12H,13H2,1-2H3,(H,28,33). The summed E-state index contributed by atoms with van der Waals surface area (Å²) in [6.07, 6.45) is 0. The zero-order valence-electron chi connectivity index (χ0n) is 18.3. The van der Waals surface area contributed by atoms with Gasteiger partial charge in [-0.25, -0.2) is 13.3 Å². The van der Waals surface area contributed by atoms with Crippen molar-refractivity contribution in [1.82, 2.24) is 19.2 Å². The van der Waals surface area contributed by atoms with Gasteiger partial charge in [-0.3, -0.25) is 14.2 Å². The fraction of sp³-hybridized carbons (Fsp3) is 0.120. The van der Waals surface area contributed by atoms with Crippen LogP contribution in [0.3, 0.4) is 0 Å². The number of carbonyl (C=O) groups is 1. The van der Waals surface area contributed by atoms with E-state index < -0.39 is 23.1 Å². The van der Waals surface area contributed by atoms with Crippen LogP contribution in [0.15, 0.2) is 65.5 Å². The summed E-state index contributed by atoms with van der Waals surface area (Å²) in [5.41, 5.74) is 3.89. The van der Waals surface area contributed by atoms with E-state index in [1.54, 1.807) is 4.57 Å². The predicted octanol–water partition coefficient (Wildman–Crippen LogP) is 4.24. The Labute approximate surface area is 192 Å². The smallest absolute Gasteiger partial charge is 0.296 e. The lowest BCUT2D eigenvalue weighted by Crippen LogP contribution is -2.24. The second kappa shape index (κ2) is 8.18. The van der Waals surface area contributed by atoms with Crippen LogP contribution in [0, 0.1) is 25.5 Å². The third-order valence-electron chi connectivity index (χ3n) is 5.54. The molecule has 0 aliphatic carbocycles. The number of amides is 1. The molecule has 170 valence electrons. The third kappa shape index (κ3) is 3.81. The molecule has 34 heavy (non-hydrogen) atoms. The fourth-order valence-electron chi connectivity index (χ4n) is 3.77. The molecule has 0 aliphatic heterocycles. The van der Waals surface area contributed by atoms with Crippen LogP contribution in [0.25, 0.3) is 16.7 Å². The Bertz CT molecular complexity index is 1640. The molecule has 0 bridgehead atoms. The van der Waals surface area contributed by atoms with Crippen LogP contribution in [0.2, 0.25) is 0 Å². The molecule has 5 rings (SSSR count). The van der Waals surface area contributed by atoms with Crippen LogP contribution in [-0.2, 0) is 6.54 Å². The lowest BCUT2D eigenvalue weighted by atomic mass is 10.1. The predicted molar refractivity (Wildman–Crippen MR) is 124 cm³/mol.